The van der Waals surface area contributed by atoms with Crippen molar-refractivity contribution < 1.29 is 24.0 Å². The van der Waals surface area contributed by atoms with Crippen LogP contribution in [0.1, 0.15) is 49.2 Å². The second kappa shape index (κ2) is 11.0. The fourth-order valence-electron chi connectivity index (χ4n) is 2.56. The third-order valence-corrected chi connectivity index (χ3v) is 4.05. The lowest BCUT2D eigenvalue weighted by atomic mass is 10.1. The van der Waals surface area contributed by atoms with Crippen molar-refractivity contribution in [2.45, 2.75) is 38.5 Å². The lowest BCUT2D eigenvalue weighted by Gasteiger charge is -2.03. The Kier molecular flexibility index (Phi) is 8.31. The molecule has 1 aromatic carbocycles. The van der Waals surface area contributed by atoms with Crippen LogP contribution in [0.4, 0.5) is 0 Å². The van der Waals surface area contributed by atoms with Crippen LogP contribution in [0.15, 0.2) is 34.9 Å². The highest BCUT2D eigenvalue weighted by atomic mass is 16.5. The van der Waals surface area contributed by atoms with Crippen molar-refractivity contribution in [1.82, 2.24) is 15.8 Å². The minimum atomic E-state index is -0.360. The minimum Gasteiger partial charge on any atom is -0.497 e. The molecule has 0 unspecified atom stereocenters. The topological polar surface area (TPSA) is 114 Å². The minimum absolute atomic E-state index is 0.0304. The van der Waals surface area contributed by atoms with E-state index in [0.717, 1.165) is 37.7 Å². The Bertz CT molecular complexity index is 744. The van der Waals surface area contributed by atoms with E-state index in [9.17, 15) is 9.59 Å². The van der Waals surface area contributed by atoms with Gasteiger partial charge >= 0.3 is 5.91 Å². The molecule has 1 heterocycles. The van der Waals surface area contributed by atoms with Crippen molar-refractivity contribution in [3.8, 4) is 17.1 Å². The van der Waals surface area contributed by atoms with E-state index in [-0.39, 0.29) is 17.7 Å². The standard InChI is InChI=1S/C19H25N3O5/c1-26-15-9-7-8-14(12-15)16-13-21-19(27-16)18(24)20-11-6-4-2-3-5-10-17(23)22-25/h7-9,12-13,25H,2-6,10-11H2,1H3,(H,20,24)(H,22,23). The zero-order valence-corrected chi connectivity index (χ0v) is 15.4. The summed E-state index contributed by atoms with van der Waals surface area (Å²) >= 11 is 0. The molecule has 0 fully saturated rings. The van der Waals surface area contributed by atoms with E-state index in [4.69, 9.17) is 14.4 Å². The van der Waals surface area contributed by atoms with Gasteiger partial charge in [0.2, 0.25) is 5.91 Å². The average molecular weight is 375 g/mol. The maximum Gasteiger partial charge on any atom is 0.307 e. The van der Waals surface area contributed by atoms with Crippen LogP contribution in [0.2, 0.25) is 0 Å². The first-order valence-corrected chi connectivity index (χ1v) is 8.95. The Morgan fingerprint density at radius 1 is 1.19 bits per heavy atom. The number of unbranched alkanes of at least 4 members (excludes halogenated alkanes) is 4. The van der Waals surface area contributed by atoms with E-state index in [0.29, 0.717) is 24.5 Å². The average Bonchev–Trinajstić information content (AvgIpc) is 3.20. The second-order valence-electron chi connectivity index (χ2n) is 6.07. The number of hydrogen-bond donors (Lipinski definition) is 3. The van der Waals surface area contributed by atoms with Gasteiger partial charge in [0, 0.05) is 18.5 Å². The maximum absolute atomic E-state index is 12.1. The lowest BCUT2D eigenvalue weighted by Crippen LogP contribution is -2.24. The number of oxazole rings is 1. The summed E-state index contributed by atoms with van der Waals surface area (Å²) in [7, 11) is 1.59. The first-order chi connectivity index (χ1) is 13.1. The molecule has 27 heavy (non-hydrogen) atoms. The molecule has 2 amide bonds. The number of aromatic nitrogens is 1. The van der Waals surface area contributed by atoms with Gasteiger partial charge in [-0.15, -0.1) is 0 Å². The van der Waals surface area contributed by atoms with Gasteiger partial charge in [-0.2, -0.15) is 0 Å². The summed E-state index contributed by atoms with van der Waals surface area (Å²) < 4.78 is 10.7. The van der Waals surface area contributed by atoms with Crippen LogP contribution in [0, 0.1) is 0 Å². The lowest BCUT2D eigenvalue weighted by molar-refractivity contribution is -0.129. The van der Waals surface area contributed by atoms with Gasteiger partial charge in [-0.3, -0.25) is 14.8 Å². The Hall–Kier alpha value is -2.87. The summed E-state index contributed by atoms with van der Waals surface area (Å²) in [5.74, 6) is 0.533. The molecule has 3 N–H and O–H groups in total. The normalized spacial score (nSPS) is 10.4. The van der Waals surface area contributed by atoms with E-state index < -0.39 is 0 Å². The number of rotatable bonds is 11. The van der Waals surface area contributed by atoms with Gasteiger partial charge in [0.15, 0.2) is 5.76 Å². The Morgan fingerprint density at radius 2 is 1.96 bits per heavy atom. The van der Waals surface area contributed by atoms with Gasteiger partial charge < -0.3 is 14.5 Å². The van der Waals surface area contributed by atoms with Gasteiger partial charge in [-0.25, -0.2) is 10.5 Å². The summed E-state index contributed by atoms with van der Waals surface area (Å²) in [4.78, 5) is 27.0. The van der Waals surface area contributed by atoms with E-state index in [1.165, 1.54) is 6.20 Å². The summed E-state index contributed by atoms with van der Waals surface area (Å²) in [6.45, 7) is 0.535. The van der Waals surface area contributed by atoms with E-state index in [2.05, 4.69) is 10.3 Å². The predicted molar refractivity (Wildman–Crippen MR) is 98.5 cm³/mol. The SMILES string of the molecule is COc1cccc(-c2cnc(C(=O)NCCCCCCCC(=O)NO)o2)c1. The van der Waals surface area contributed by atoms with Crippen molar-refractivity contribution in [2.24, 2.45) is 0 Å². The van der Waals surface area contributed by atoms with Crippen LogP contribution < -0.4 is 15.5 Å². The van der Waals surface area contributed by atoms with Crippen LogP contribution >= 0.6 is 0 Å². The summed E-state index contributed by atoms with van der Waals surface area (Å²) in [5, 5.41) is 11.2. The van der Waals surface area contributed by atoms with Crippen LogP contribution in [-0.2, 0) is 4.79 Å². The van der Waals surface area contributed by atoms with Gasteiger partial charge in [0.1, 0.15) is 5.75 Å². The van der Waals surface area contributed by atoms with Crippen molar-refractivity contribution >= 4 is 11.8 Å². The molecule has 0 spiro atoms. The highest BCUT2D eigenvalue weighted by molar-refractivity contribution is 5.89. The molecule has 8 heteroatoms. The molecule has 0 atom stereocenters. The van der Waals surface area contributed by atoms with Gasteiger partial charge in [0.25, 0.3) is 5.89 Å². The van der Waals surface area contributed by atoms with E-state index in [1.807, 2.05) is 24.3 Å². The quantitative estimate of drug-likeness (QED) is 0.316. The van der Waals surface area contributed by atoms with Crippen molar-refractivity contribution in [3.63, 3.8) is 0 Å². The van der Waals surface area contributed by atoms with Gasteiger partial charge in [-0.1, -0.05) is 31.4 Å². The molecule has 0 saturated carbocycles. The maximum atomic E-state index is 12.1. The number of hydroxylamine groups is 1. The molecule has 0 radical (unpaired) electrons. The molecule has 2 aromatic rings. The number of nitrogens with one attached hydrogen (secondary N) is 2. The number of benzene rings is 1. The number of carbonyl (C=O) groups is 2. The largest absolute Gasteiger partial charge is 0.497 e. The zero-order valence-electron chi connectivity index (χ0n) is 15.4. The highest BCUT2D eigenvalue weighted by Gasteiger charge is 2.14. The number of nitrogens with zero attached hydrogens (tertiary/aromatic N) is 1. The molecule has 8 nitrogen and oxygen atoms in total. The van der Waals surface area contributed by atoms with Gasteiger partial charge in [0.05, 0.1) is 13.3 Å². The summed E-state index contributed by atoms with van der Waals surface area (Å²) in [6, 6.07) is 7.34. The number of hydrogen-bond acceptors (Lipinski definition) is 6. The van der Waals surface area contributed by atoms with Crippen LogP contribution in [0.5, 0.6) is 5.75 Å². The first kappa shape index (κ1) is 20.4. The molecule has 2 rings (SSSR count). The molecular formula is C19H25N3O5. The van der Waals surface area contributed by atoms with Crippen molar-refractivity contribution in [3.05, 3.63) is 36.4 Å². The Morgan fingerprint density at radius 3 is 2.74 bits per heavy atom. The summed E-state index contributed by atoms with van der Waals surface area (Å²) in [6.07, 6.45) is 6.24. The number of amides is 2. The molecule has 1 aromatic heterocycles. The Labute approximate surface area is 157 Å². The molecular weight excluding hydrogens is 350 g/mol. The van der Waals surface area contributed by atoms with E-state index >= 15 is 0 Å². The van der Waals surface area contributed by atoms with Crippen molar-refractivity contribution in [1.29, 1.82) is 0 Å². The third-order valence-electron chi connectivity index (χ3n) is 4.05. The Balaban J connectivity index is 1.68. The monoisotopic (exact) mass is 375 g/mol. The fourth-order valence-corrected chi connectivity index (χ4v) is 2.56. The van der Waals surface area contributed by atoms with Crippen molar-refractivity contribution in [2.75, 3.05) is 13.7 Å². The van der Waals surface area contributed by atoms with E-state index in [1.54, 1.807) is 12.6 Å². The van der Waals surface area contributed by atoms with Gasteiger partial charge in [-0.05, 0) is 25.0 Å². The zero-order chi connectivity index (χ0) is 19.5. The first-order valence-electron chi connectivity index (χ1n) is 8.95. The number of ether oxygens (including phenoxy) is 1. The molecule has 0 aliphatic carbocycles. The highest BCUT2D eigenvalue weighted by Crippen LogP contribution is 2.24. The predicted octanol–water partition coefficient (Wildman–Crippen LogP) is 2.93. The molecule has 0 saturated heterocycles. The van der Waals surface area contributed by atoms with Crippen LogP contribution in [-0.4, -0.2) is 35.7 Å². The summed E-state index contributed by atoms with van der Waals surface area (Å²) in [5.41, 5.74) is 2.40. The third kappa shape index (κ3) is 6.74. The fraction of sp³-hybridized carbons (Fsp3) is 0.421. The van der Waals surface area contributed by atoms with Crippen LogP contribution in [0.25, 0.3) is 11.3 Å². The second-order valence-corrected chi connectivity index (χ2v) is 6.07. The number of carbonyl (C=O) groups excluding carboxylic acids is 2. The molecule has 146 valence electrons. The smallest absolute Gasteiger partial charge is 0.307 e. The number of methoxy groups -OCH3 is 1. The van der Waals surface area contributed by atoms with Crippen LogP contribution in [0.3, 0.4) is 0 Å². The molecule has 0 aliphatic rings. The molecule has 0 bridgehead atoms. The molecule has 0 aliphatic heterocycles.